The van der Waals surface area contributed by atoms with Gasteiger partial charge in [0.05, 0.1) is 0 Å². The zero-order valence-corrected chi connectivity index (χ0v) is 34.8. The first-order chi connectivity index (χ1) is 29.6. The largest absolute Gasteiger partial charge is 0.318 e. The lowest BCUT2D eigenvalue weighted by atomic mass is 9.93. The second kappa shape index (κ2) is 16.5. The smallest absolute Gasteiger partial charge is 0.184 e. The maximum absolute atomic E-state index is 14.8. The molecule has 0 atom stereocenters. The normalized spacial score (nSPS) is 22.0. The van der Waals surface area contributed by atoms with Crippen LogP contribution in [0.2, 0.25) is 0 Å². The number of benzene rings is 4. The van der Waals surface area contributed by atoms with E-state index in [2.05, 4.69) is 19.8 Å². The number of aliphatic imine (C=N–C) groups is 2. The fourth-order valence-electron chi connectivity index (χ4n) is 8.78. The van der Waals surface area contributed by atoms with Crippen LogP contribution in [0.5, 0.6) is 0 Å². The molecule has 4 heterocycles. The molecule has 4 fully saturated rings. The van der Waals surface area contributed by atoms with Crippen LogP contribution in [0.25, 0.3) is 0 Å². The average Bonchev–Trinajstić information content (AvgIpc) is 4.19. The Balaban J connectivity index is 0.000000158. The lowest BCUT2D eigenvalue weighted by Gasteiger charge is -2.32. The van der Waals surface area contributed by atoms with Gasteiger partial charge in [0.15, 0.2) is 11.6 Å². The van der Waals surface area contributed by atoms with Crippen molar-refractivity contribution >= 4 is 47.9 Å². The van der Waals surface area contributed by atoms with Crippen LogP contribution >= 0.6 is 14.3 Å². The van der Waals surface area contributed by atoms with Gasteiger partial charge < -0.3 is 9.13 Å². The highest BCUT2D eigenvalue weighted by molar-refractivity contribution is 7.72. The van der Waals surface area contributed by atoms with Crippen molar-refractivity contribution in [3.05, 3.63) is 129 Å². The Labute approximate surface area is 349 Å². The van der Waals surface area contributed by atoms with Crippen molar-refractivity contribution < 1.29 is 39.0 Å². The predicted octanol–water partition coefficient (Wildman–Crippen LogP) is 7.32. The number of nitrogens with zero attached hydrogens (tertiary/aromatic N) is 4. The fourth-order valence-corrected chi connectivity index (χ4v) is 14.2. The second-order valence-electron chi connectivity index (χ2n) is 16.6. The van der Waals surface area contributed by atoms with Gasteiger partial charge >= 0.3 is 0 Å². The van der Waals surface area contributed by atoms with E-state index in [-0.39, 0.29) is 52.4 Å². The number of carbonyl (C=O) groups is 2. The molecule has 14 heteroatoms. The van der Waals surface area contributed by atoms with Gasteiger partial charge in [0.1, 0.15) is 50.6 Å². The Kier molecular flexibility index (Phi) is 10.6. The molecule has 0 aromatic heterocycles. The highest BCUT2D eigenvalue weighted by atomic mass is 31.2. The molecular weight excluding hydrogens is 810 g/mol. The summed E-state index contributed by atoms with van der Waals surface area (Å²) in [5.41, 5.74) is 2.84. The van der Waals surface area contributed by atoms with Crippen molar-refractivity contribution in [2.45, 2.75) is 50.6 Å². The first kappa shape index (κ1) is 38.6. The first-order valence-electron chi connectivity index (χ1n) is 21.6. The summed E-state index contributed by atoms with van der Waals surface area (Å²) >= 11 is 0. The van der Waals surface area contributed by atoms with Crippen LogP contribution in [-0.2, 0) is 21.9 Å². The third-order valence-electron chi connectivity index (χ3n) is 12.5. The number of hydrogen-bond acceptors (Lipinski definition) is 8. The summed E-state index contributed by atoms with van der Waals surface area (Å²) < 4.78 is 102. The zero-order valence-electron chi connectivity index (χ0n) is 35.0. The molecule has 4 aliphatic heterocycles. The summed E-state index contributed by atoms with van der Waals surface area (Å²) in [5, 5.41) is 0.420. The summed E-state index contributed by atoms with van der Waals surface area (Å²) in [6.45, 7) is 2.54. The van der Waals surface area contributed by atoms with E-state index in [4.69, 9.17) is 2.74 Å². The molecule has 2 saturated carbocycles. The van der Waals surface area contributed by atoms with Gasteiger partial charge in [0.25, 0.3) is 0 Å². The molecular formula is C46H46F4N4O4P2. The minimum Gasteiger partial charge on any atom is -0.318 e. The highest BCUT2D eigenvalue weighted by Gasteiger charge is 2.39. The van der Waals surface area contributed by atoms with Gasteiger partial charge in [-0.1, -0.05) is 12.1 Å². The Morgan fingerprint density at radius 3 is 1.48 bits per heavy atom. The number of Topliss-reactive ketones (excluding diaryl/α,β-unsaturated/α-hetero) is 2. The molecule has 0 radical (unpaired) electrons. The molecule has 0 spiro atoms. The predicted molar refractivity (Wildman–Crippen MR) is 228 cm³/mol. The molecule has 8 nitrogen and oxygen atoms in total. The van der Waals surface area contributed by atoms with Crippen LogP contribution in [-0.4, -0.2) is 109 Å². The molecule has 0 amide bonds. The molecule has 4 aromatic rings. The number of halogens is 4. The molecule has 10 rings (SSSR count). The third-order valence-corrected chi connectivity index (χ3v) is 18.6. The summed E-state index contributed by atoms with van der Waals surface area (Å²) in [5.74, 6) is -2.63. The number of hydrogen-bond donors (Lipinski definition) is 0. The highest BCUT2D eigenvalue weighted by Crippen LogP contribution is 2.50. The van der Waals surface area contributed by atoms with Crippen LogP contribution in [0.4, 0.5) is 17.6 Å². The van der Waals surface area contributed by atoms with E-state index in [1.807, 2.05) is 0 Å². The van der Waals surface area contributed by atoms with Crippen molar-refractivity contribution in [1.29, 1.82) is 0 Å². The van der Waals surface area contributed by atoms with E-state index in [0.717, 1.165) is 49.7 Å². The minimum absolute atomic E-state index is 0.00788. The molecule has 60 heavy (non-hydrogen) atoms. The van der Waals surface area contributed by atoms with Crippen LogP contribution in [0.3, 0.4) is 0 Å². The van der Waals surface area contributed by atoms with E-state index in [0.29, 0.717) is 78.4 Å². The van der Waals surface area contributed by atoms with Gasteiger partial charge in [-0.25, -0.2) is 17.6 Å². The molecule has 2 aliphatic carbocycles. The van der Waals surface area contributed by atoms with E-state index in [1.165, 1.54) is 49.2 Å². The number of ketones is 2. The van der Waals surface area contributed by atoms with Crippen LogP contribution in [0.1, 0.15) is 71.4 Å². The summed E-state index contributed by atoms with van der Waals surface area (Å²) in [7, 11) is -5.77. The molecule has 312 valence electrons. The standard InChI is InChI=1S/2C23H23F2N2O2P/c2*24-16-2-5-18-19(13-16)22(28)14-26-21(18)11-15-1-6-20(25)23(12-15)30(29)9-7-27(8-10-30)17-3-4-17/h2*1-2,5-6,12-13,17H,3-4,7-11,14H2/i11D2;. The van der Waals surface area contributed by atoms with E-state index in [9.17, 15) is 36.3 Å². The SMILES string of the molecule is O=C1CN=C(Cc2ccc(F)c(P3(=O)CCN(C4CC4)CC3)c2)c2ccc(F)cc21.[2H]C([2H])(C1=NCC(=O)c2cc(F)ccc21)c1ccc(F)c(P2(=O)CCN(C3CC3)CC2)c1. The fraction of sp³-hybridized carbons (Fsp3) is 0.391. The molecule has 0 unspecified atom stereocenters. The molecule has 6 aliphatic rings. The van der Waals surface area contributed by atoms with Gasteiger partial charge in [-0.2, -0.15) is 0 Å². The Bertz CT molecular complexity index is 2640. The number of fused-ring (bicyclic) bond motifs is 2. The maximum Gasteiger partial charge on any atom is 0.184 e. The van der Waals surface area contributed by atoms with Gasteiger partial charge in [-0.3, -0.25) is 29.4 Å². The van der Waals surface area contributed by atoms with Crippen molar-refractivity contribution in [3.8, 4) is 0 Å². The second-order valence-corrected chi connectivity index (χ2v) is 22.9. The van der Waals surface area contributed by atoms with Gasteiger partial charge in [0.2, 0.25) is 0 Å². The van der Waals surface area contributed by atoms with Crippen molar-refractivity contribution in [3.63, 3.8) is 0 Å². The van der Waals surface area contributed by atoms with E-state index < -0.39 is 43.9 Å². The van der Waals surface area contributed by atoms with Gasteiger partial charge in [-0.05, 0) is 97.5 Å². The van der Waals surface area contributed by atoms with Gasteiger partial charge in [0, 0.05) is 123 Å². The Morgan fingerprint density at radius 1 is 0.567 bits per heavy atom. The number of rotatable bonds is 8. The Morgan fingerprint density at radius 2 is 1.00 bits per heavy atom. The number of carbonyl (C=O) groups excluding carboxylic acids is 2. The summed E-state index contributed by atoms with van der Waals surface area (Å²) in [4.78, 5) is 37.5. The quantitative estimate of drug-likeness (QED) is 0.136. The monoisotopic (exact) mass is 858 g/mol. The molecule has 4 aromatic carbocycles. The molecule has 0 bridgehead atoms. The molecule has 2 saturated heterocycles. The lowest BCUT2D eigenvalue weighted by molar-refractivity contribution is 0.0992. The molecule has 0 N–H and O–H groups in total. The topological polar surface area (TPSA) is 99.5 Å². The Hall–Kier alpha value is -4.34. The summed E-state index contributed by atoms with van der Waals surface area (Å²) in [6.07, 6.45) is 4.73. The van der Waals surface area contributed by atoms with Crippen molar-refractivity contribution in [1.82, 2.24) is 9.80 Å². The van der Waals surface area contributed by atoms with Crippen molar-refractivity contribution in [2.24, 2.45) is 9.98 Å². The van der Waals surface area contributed by atoms with Gasteiger partial charge in [-0.15, -0.1) is 0 Å². The van der Waals surface area contributed by atoms with E-state index in [1.54, 1.807) is 18.2 Å². The first-order valence-corrected chi connectivity index (χ1v) is 24.8. The van der Waals surface area contributed by atoms with Crippen LogP contribution in [0.15, 0.2) is 82.8 Å². The van der Waals surface area contributed by atoms with Crippen LogP contribution < -0.4 is 10.6 Å². The summed E-state index contributed by atoms with van der Waals surface area (Å²) in [6, 6.07) is 17.5. The van der Waals surface area contributed by atoms with Crippen LogP contribution in [0, 0.1) is 23.3 Å². The average molecular weight is 859 g/mol. The zero-order chi connectivity index (χ0) is 43.6. The van der Waals surface area contributed by atoms with Crippen molar-refractivity contribution in [2.75, 3.05) is 63.9 Å². The van der Waals surface area contributed by atoms with E-state index >= 15 is 0 Å². The lowest BCUT2D eigenvalue weighted by Crippen LogP contribution is -2.39. The minimum atomic E-state index is -3.00. The third kappa shape index (κ3) is 8.58. The maximum atomic E-state index is 14.8.